The van der Waals surface area contributed by atoms with Crippen molar-refractivity contribution in [3.05, 3.63) is 11.7 Å². The van der Waals surface area contributed by atoms with Crippen LogP contribution in [-0.4, -0.2) is 22.7 Å². The van der Waals surface area contributed by atoms with Gasteiger partial charge >= 0.3 is 5.97 Å². The average Bonchev–Trinajstić information content (AvgIpc) is 2.82. The third-order valence-electron chi connectivity index (χ3n) is 2.81. The summed E-state index contributed by atoms with van der Waals surface area (Å²) in [6, 6.07) is 0. The van der Waals surface area contributed by atoms with E-state index in [-0.39, 0.29) is 5.97 Å². The number of aryl methyl sites for hydroxylation is 1. The van der Waals surface area contributed by atoms with Gasteiger partial charge in [0, 0.05) is 6.42 Å². The Morgan fingerprint density at radius 2 is 2.11 bits per heavy atom. The van der Waals surface area contributed by atoms with Gasteiger partial charge in [0.25, 0.3) is 0 Å². The van der Waals surface area contributed by atoms with E-state index in [1.165, 1.54) is 0 Å². The van der Waals surface area contributed by atoms with Crippen LogP contribution >= 0.6 is 0 Å². The lowest BCUT2D eigenvalue weighted by atomic mass is 9.97. The molecule has 0 bridgehead atoms. The Balaban J connectivity index is 2.78. The predicted molar refractivity (Wildman–Crippen MR) is 71.7 cm³/mol. The molecule has 0 amide bonds. The summed E-state index contributed by atoms with van der Waals surface area (Å²) in [6.45, 7) is 8.39. The molecule has 0 aliphatic carbocycles. The number of carbonyl (C=O) groups is 1. The van der Waals surface area contributed by atoms with Crippen LogP contribution in [0.15, 0.2) is 4.52 Å². The number of hydrogen-bond donors (Lipinski definition) is 0. The molecule has 1 aromatic heterocycles. The normalized spacial score (nSPS) is 12.7. The van der Waals surface area contributed by atoms with Gasteiger partial charge in [-0.15, -0.1) is 0 Å². The monoisotopic (exact) mass is 268 g/mol. The van der Waals surface area contributed by atoms with Crippen LogP contribution in [0, 0.1) is 5.92 Å². The van der Waals surface area contributed by atoms with Crippen molar-refractivity contribution in [1.82, 2.24) is 10.1 Å². The summed E-state index contributed by atoms with van der Waals surface area (Å²) in [5.41, 5.74) is 0. The lowest BCUT2D eigenvalue weighted by Gasteiger charge is -2.13. The van der Waals surface area contributed by atoms with Gasteiger partial charge in [0.1, 0.15) is 5.92 Å². The zero-order valence-electron chi connectivity index (χ0n) is 12.3. The van der Waals surface area contributed by atoms with Gasteiger partial charge in [-0.2, -0.15) is 4.98 Å². The number of carbonyl (C=O) groups excluding carboxylic acids is 1. The highest BCUT2D eigenvalue weighted by molar-refractivity contribution is 5.76. The van der Waals surface area contributed by atoms with E-state index in [2.05, 4.69) is 30.9 Å². The highest BCUT2D eigenvalue weighted by Crippen LogP contribution is 2.24. The second-order valence-corrected chi connectivity index (χ2v) is 5.09. The second kappa shape index (κ2) is 7.92. The van der Waals surface area contributed by atoms with Gasteiger partial charge in [-0.25, -0.2) is 0 Å². The molecule has 0 radical (unpaired) electrons. The third-order valence-corrected chi connectivity index (χ3v) is 2.81. The molecule has 0 aliphatic rings. The molecule has 0 saturated carbocycles. The molecule has 0 fully saturated rings. The van der Waals surface area contributed by atoms with E-state index in [9.17, 15) is 4.79 Å². The van der Waals surface area contributed by atoms with Gasteiger partial charge in [-0.05, 0) is 25.7 Å². The van der Waals surface area contributed by atoms with Crippen LogP contribution in [0.3, 0.4) is 0 Å². The van der Waals surface area contributed by atoms with Crippen LogP contribution in [0.4, 0.5) is 0 Å². The molecular weight excluding hydrogens is 244 g/mol. The van der Waals surface area contributed by atoms with Crippen molar-refractivity contribution in [1.29, 1.82) is 0 Å². The first-order valence-electron chi connectivity index (χ1n) is 7.07. The maximum atomic E-state index is 12.0. The first kappa shape index (κ1) is 15.7. The van der Waals surface area contributed by atoms with E-state index in [0.29, 0.717) is 30.7 Å². The highest BCUT2D eigenvalue weighted by atomic mass is 16.5. The Hall–Kier alpha value is -1.39. The number of ether oxygens (including phenoxy) is 1. The molecule has 108 valence electrons. The molecule has 1 atom stereocenters. The van der Waals surface area contributed by atoms with Gasteiger partial charge in [0.15, 0.2) is 5.82 Å². The summed E-state index contributed by atoms with van der Waals surface area (Å²) >= 11 is 0. The topological polar surface area (TPSA) is 65.2 Å². The molecule has 0 aromatic carbocycles. The summed E-state index contributed by atoms with van der Waals surface area (Å²) in [5, 5.41) is 3.93. The van der Waals surface area contributed by atoms with Crippen molar-refractivity contribution in [3.63, 3.8) is 0 Å². The summed E-state index contributed by atoms with van der Waals surface area (Å²) in [5.74, 6) is 0.707. The van der Waals surface area contributed by atoms with Crippen LogP contribution in [-0.2, 0) is 16.0 Å². The van der Waals surface area contributed by atoms with E-state index in [1.807, 2.05) is 0 Å². The summed E-state index contributed by atoms with van der Waals surface area (Å²) in [4.78, 5) is 16.3. The first-order chi connectivity index (χ1) is 9.08. The third kappa shape index (κ3) is 5.01. The number of aromatic nitrogens is 2. The van der Waals surface area contributed by atoms with Gasteiger partial charge in [0.05, 0.1) is 6.61 Å². The molecule has 1 unspecified atom stereocenters. The minimum Gasteiger partial charge on any atom is -0.465 e. The molecule has 19 heavy (non-hydrogen) atoms. The Kier molecular flexibility index (Phi) is 6.53. The molecule has 0 saturated heterocycles. The Bertz CT molecular complexity index is 388. The fourth-order valence-electron chi connectivity index (χ4n) is 1.86. The van der Waals surface area contributed by atoms with Crippen LogP contribution in [0.2, 0.25) is 0 Å². The Morgan fingerprint density at radius 1 is 1.37 bits per heavy atom. The zero-order chi connectivity index (χ0) is 14.3. The van der Waals surface area contributed by atoms with Crippen molar-refractivity contribution in [2.75, 3.05) is 6.61 Å². The lowest BCUT2D eigenvalue weighted by Crippen LogP contribution is -2.18. The fraction of sp³-hybridized carbons (Fsp3) is 0.786. The van der Waals surface area contributed by atoms with Crippen molar-refractivity contribution in [3.8, 4) is 0 Å². The Labute approximate surface area is 114 Å². The molecule has 5 nitrogen and oxygen atoms in total. The highest BCUT2D eigenvalue weighted by Gasteiger charge is 2.28. The van der Waals surface area contributed by atoms with Crippen LogP contribution < -0.4 is 0 Å². The number of esters is 1. The molecule has 0 spiro atoms. The van der Waals surface area contributed by atoms with Crippen molar-refractivity contribution < 1.29 is 14.1 Å². The molecule has 1 aromatic rings. The minimum atomic E-state index is -0.442. The largest absolute Gasteiger partial charge is 0.465 e. The lowest BCUT2D eigenvalue weighted by molar-refractivity contribution is -0.146. The number of rotatable bonds is 8. The standard InChI is InChI=1S/C14H24N2O3/c1-5-7-8-12-15-13(19-16-12)11(9-10(3)4)14(17)18-6-2/h10-11H,5-9H2,1-4H3. The SMILES string of the molecule is CCCCc1noc(C(CC(C)C)C(=O)OCC)n1. The summed E-state index contributed by atoms with van der Waals surface area (Å²) < 4.78 is 10.3. The molecule has 1 rings (SSSR count). The average molecular weight is 268 g/mol. The molecule has 5 heteroatoms. The van der Waals surface area contributed by atoms with Crippen LogP contribution in [0.1, 0.15) is 64.6 Å². The number of unbranched alkanes of at least 4 members (excludes halogenated alkanes) is 1. The smallest absolute Gasteiger partial charge is 0.318 e. The zero-order valence-corrected chi connectivity index (χ0v) is 12.3. The minimum absolute atomic E-state index is 0.276. The van der Waals surface area contributed by atoms with Gasteiger partial charge in [-0.3, -0.25) is 4.79 Å². The van der Waals surface area contributed by atoms with Gasteiger partial charge in [-0.1, -0.05) is 32.3 Å². The number of nitrogens with zero attached hydrogens (tertiary/aromatic N) is 2. The van der Waals surface area contributed by atoms with E-state index in [0.717, 1.165) is 19.3 Å². The fourth-order valence-corrected chi connectivity index (χ4v) is 1.86. The van der Waals surface area contributed by atoms with E-state index in [4.69, 9.17) is 9.26 Å². The Morgan fingerprint density at radius 3 is 2.68 bits per heavy atom. The maximum absolute atomic E-state index is 12.0. The second-order valence-electron chi connectivity index (χ2n) is 5.09. The van der Waals surface area contributed by atoms with Crippen LogP contribution in [0.25, 0.3) is 0 Å². The molecule has 1 heterocycles. The van der Waals surface area contributed by atoms with Crippen molar-refractivity contribution in [2.45, 2.75) is 59.3 Å². The molecule has 0 aliphatic heterocycles. The van der Waals surface area contributed by atoms with Gasteiger partial charge < -0.3 is 9.26 Å². The summed E-state index contributed by atoms with van der Waals surface area (Å²) in [7, 11) is 0. The van der Waals surface area contributed by atoms with Crippen molar-refractivity contribution in [2.24, 2.45) is 5.92 Å². The van der Waals surface area contributed by atoms with Crippen molar-refractivity contribution >= 4 is 5.97 Å². The molecular formula is C14H24N2O3. The van der Waals surface area contributed by atoms with E-state index in [1.54, 1.807) is 6.92 Å². The van der Waals surface area contributed by atoms with Crippen LogP contribution in [0.5, 0.6) is 0 Å². The van der Waals surface area contributed by atoms with E-state index >= 15 is 0 Å². The first-order valence-corrected chi connectivity index (χ1v) is 7.07. The predicted octanol–water partition coefficient (Wildman–Crippen LogP) is 3.11. The quantitative estimate of drug-likeness (QED) is 0.678. The maximum Gasteiger partial charge on any atom is 0.318 e. The van der Waals surface area contributed by atoms with Gasteiger partial charge in [0.2, 0.25) is 5.89 Å². The summed E-state index contributed by atoms with van der Waals surface area (Å²) in [6.07, 6.45) is 3.55. The van der Waals surface area contributed by atoms with E-state index < -0.39 is 5.92 Å². The molecule has 0 N–H and O–H groups in total. The number of hydrogen-bond acceptors (Lipinski definition) is 5.